The van der Waals surface area contributed by atoms with E-state index in [4.69, 9.17) is 10.8 Å². The molecule has 1 saturated carbocycles. The minimum Gasteiger partial charge on any atom is -0.383 e. The summed E-state index contributed by atoms with van der Waals surface area (Å²) in [5, 5.41) is 4.78. The Morgan fingerprint density at radius 3 is 2.62 bits per heavy atom. The van der Waals surface area contributed by atoms with Crippen LogP contribution in [-0.4, -0.2) is 14.8 Å². The predicted octanol–water partition coefficient (Wildman–Crippen LogP) is 3.75. The van der Waals surface area contributed by atoms with E-state index in [1.54, 1.807) is 0 Å². The van der Waals surface area contributed by atoms with Crippen molar-refractivity contribution in [2.24, 2.45) is 12.5 Å². The van der Waals surface area contributed by atoms with Crippen LogP contribution in [-0.2, 0) is 7.05 Å². The fourth-order valence-corrected chi connectivity index (χ4v) is 3.62. The van der Waals surface area contributed by atoms with E-state index in [1.807, 2.05) is 36.3 Å². The van der Waals surface area contributed by atoms with Crippen molar-refractivity contribution in [1.82, 2.24) is 14.8 Å². The summed E-state index contributed by atoms with van der Waals surface area (Å²) >= 11 is 0. The van der Waals surface area contributed by atoms with Gasteiger partial charge in [0.2, 0.25) is 0 Å². The van der Waals surface area contributed by atoms with Gasteiger partial charge in [0.05, 0.1) is 5.69 Å². The van der Waals surface area contributed by atoms with Crippen molar-refractivity contribution >= 4 is 5.82 Å². The lowest BCUT2D eigenvalue weighted by Crippen LogP contribution is -2.26. The minimum atomic E-state index is 0.279. The molecule has 2 aromatic rings. The molecule has 0 aromatic carbocycles. The van der Waals surface area contributed by atoms with Crippen molar-refractivity contribution in [2.45, 2.75) is 45.4 Å². The highest BCUT2D eigenvalue weighted by molar-refractivity contribution is 5.77. The maximum absolute atomic E-state index is 6.31. The number of rotatable bonds is 2. The fourth-order valence-electron chi connectivity index (χ4n) is 3.62. The summed E-state index contributed by atoms with van der Waals surface area (Å²) in [7, 11) is 1.93. The number of aryl methyl sites for hydroxylation is 1. The van der Waals surface area contributed by atoms with Crippen molar-refractivity contribution in [2.75, 3.05) is 5.73 Å². The molecule has 1 aliphatic rings. The van der Waals surface area contributed by atoms with Crippen molar-refractivity contribution < 1.29 is 0 Å². The molecule has 0 spiro atoms. The van der Waals surface area contributed by atoms with Crippen LogP contribution in [0.25, 0.3) is 11.1 Å². The highest BCUT2D eigenvalue weighted by Gasteiger charge is 2.37. The zero-order chi connectivity index (χ0) is 15.0. The maximum atomic E-state index is 6.31. The first-order valence-electron chi connectivity index (χ1n) is 7.73. The highest BCUT2D eigenvalue weighted by atomic mass is 15.3. The lowest BCUT2D eigenvalue weighted by molar-refractivity contribution is 0.196. The van der Waals surface area contributed by atoms with Crippen LogP contribution in [0, 0.1) is 5.41 Å². The van der Waals surface area contributed by atoms with Crippen LogP contribution < -0.4 is 5.73 Å². The third-order valence-electron chi connectivity index (χ3n) is 4.92. The first-order valence-corrected chi connectivity index (χ1v) is 7.73. The number of anilines is 1. The van der Waals surface area contributed by atoms with Gasteiger partial charge in [-0.15, -0.1) is 0 Å². The Hall–Kier alpha value is -1.84. The molecule has 0 bridgehead atoms. The zero-order valence-corrected chi connectivity index (χ0v) is 13.1. The maximum Gasteiger partial charge on any atom is 0.129 e. The summed E-state index contributed by atoms with van der Waals surface area (Å²) in [5.41, 5.74) is 9.96. The Kier molecular flexibility index (Phi) is 3.47. The average molecular weight is 284 g/mol. The van der Waals surface area contributed by atoms with E-state index < -0.39 is 0 Å². The quantitative estimate of drug-likeness (QED) is 0.913. The van der Waals surface area contributed by atoms with Gasteiger partial charge in [-0.1, -0.05) is 26.7 Å². The molecule has 1 unspecified atom stereocenters. The number of pyridine rings is 1. The summed E-state index contributed by atoms with van der Waals surface area (Å²) in [6, 6.07) is 4.04. The van der Waals surface area contributed by atoms with E-state index in [9.17, 15) is 0 Å². The van der Waals surface area contributed by atoms with Gasteiger partial charge in [-0.3, -0.25) is 9.67 Å². The van der Waals surface area contributed by atoms with E-state index in [0.29, 0.717) is 5.92 Å². The van der Waals surface area contributed by atoms with Crippen molar-refractivity contribution in [3.8, 4) is 11.1 Å². The summed E-state index contributed by atoms with van der Waals surface area (Å²) in [6.07, 6.45) is 8.68. The molecule has 0 radical (unpaired) electrons. The minimum absolute atomic E-state index is 0.279. The molecule has 2 N–H and O–H groups in total. The van der Waals surface area contributed by atoms with E-state index in [0.717, 1.165) is 22.6 Å². The van der Waals surface area contributed by atoms with E-state index in [1.165, 1.54) is 25.7 Å². The number of nitrogens with zero attached hydrogens (tertiary/aromatic N) is 3. The lowest BCUT2D eigenvalue weighted by Gasteiger charge is -2.38. The van der Waals surface area contributed by atoms with Gasteiger partial charge in [0.25, 0.3) is 0 Å². The summed E-state index contributed by atoms with van der Waals surface area (Å²) in [6.45, 7) is 4.72. The average Bonchev–Trinajstić information content (AvgIpc) is 2.75. The summed E-state index contributed by atoms with van der Waals surface area (Å²) in [5.74, 6) is 1.22. The van der Waals surface area contributed by atoms with Crippen molar-refractivity contribution in [3.63, 3.8) is 0 Å². The number of hydrogen-bond acceptors (Lipinski definition) is 3. The topological polar surface area (TPSA) is 56.7 Å². The van der Waals surface area contributed by atoms with Gasteiger partial charge in [-0.25, -0.2) is 0 Å². The molecule has 0 aliphatic heterocycles. The molecule has 0 saturated heterocycles. The molecule has 21 heavy (non-hydrogen) atoms. The van der Waals surface area contributed by atoms with Crippen LogP contribution in [0.3, 0.4) is 0 Å². The Balaban J connectivity index is 2.13. The van der Waals surface area contributed by atoms with Gasteiger partial charge in [0.1, 0.15) is 5.82 Å². The smallest absolute Gasteiger partial charge is 0.129 e. The van der Waals surface area contributed by atoms with E-state index >= 15 is 0 Å². The molecule has 4 heteroatoms. The second-order valence-electron chi connectivity index (χ2n) is 6.79. The monoisotopic (exact) mass is 284 g/mol. The molecular formula is C17H24N4. The molecule has 4 nitrogen and oxygen atoms in total. The third kappa shape index (κ3) is 2.43. The van der Waals surface area contributed by atoms with Gasteiger partial charge in [-0.05, 0) is 36.0 Å². The largest absolute Gasteiger partial charge is 0.383 e. The van der Waals surface area contributed by atoms with Crippen molar-refractivity contribution in [1.29, 1.82) is 0 Å². The van der Waals surface area contributed by atoms with Crippen LogP contribution in [0.2, 0.25) is 0 Å². The Bertz CT molecular complexity index is 628. The third-order valence-corrected chi connectivity index (χ3v) is 4.92. The van der Waals surface area contributed by atoms with Gasteiger partial charge in [0, 0.05) is 30.9 Å². The molecule has 2 aromatic heterocycles. The van der Waals surface area contributed by atoms with Crippen LogP contribution in [0.15, 0.2) is 24.5 Å². The van der Waals surface area contributed by atoms with Gasteiger partial charge in [-0.2, -0.15) is 5.10 Å². The standard InChI is InChI=1S/C17H24N4/c1-17(2)9-5-4-6-13(17)15-14(16(18)21(3)20-15)12-7-10-19-11-8-12/h7-8,10-11,13H,4-6,9,18H2,1-3H3. The predicted molar refractivity (Wildman–Crippen MR) is 85.8 cm³/mol. The van der Waals surface area contributed by atoms with Gasteiger partial charge >= 0.3 is 0 Å². The van der Waals surface area contributed by atoms with E-state index in [-0.39, 0.29) is 5.41 Å². The molecule has 1 fully saturated rings. The zero-order valence-electron chi connectivity index (χ0n) is 13.1. The second-order valence-corrected chi connectivity index (χ2v) is 6.79. The second kappa shape index (κ2) is 5.17. The molecule has 1 aliphatic carbocycles. The molecule has 3 rings (SSSR count). The first-order chi connectivity index (χ1) is 10.0. The normalized spacial score (nSPS) is 21.4. The van der Waals surface area contributed by atoms with Gasteiger partial charge in [0.15, 0.2) is 0 Å². The molecule has 1 atom stereocenters. The van der Waals surface area contributed by atoms with Crippen molar-refractivity contribution in [3.05, 3.63) is 30.2 Å². The summed E-state index contributed by atoms with van der Waals surface area (Å²) in [4.78, 5) is 4.11. The highest BCUT2D eigenvalue weighted by Crippen LogP contribution is 2.49. The number of nitrogens with two attached hydrogens (primary N) is 1. The molecule has 0 amide bonds. The van der Waals surface area contributed by atoms with Gasteiger partial charge < -0.3 is 5.73 Å². The molecular weight excluding hydrogens is 260 g/mol. The molecule has 112 valence electrons. The Morgan fingerprint density at radius 1 is 1.24 bits per heavy atom. The number of hydrogen-bond donors (Lipinski definition) is 1. The van der Waals surface area contributed by atoms with E-state index in [2.05, 4.69) is 18.8 Å². The van der Waals surface area contributed by atoms with Crippen LogP contribution in [0.4, 0.5) is 5.82 Å². The fraction of sp³-hybridized carbons (Fsp3) is 0.529. The SMILES string of the molecule is Cn1nc(C2CCCCC2(C)C)c(-c2ccncc2)c1N. The van der Waals surface area contributed by atoms with Crippen LogP contribution in [0.1, 0.15) is 51.1 Å². The number of aromatic nitrogens is 3. The van der Waals surface area contributed by atoms with Crippen LogP contribution >= 0.6 is 0 Å². The molecule has 2 heterocycles. The number of nitrogen functional groups attached to an aromatic ring is 1. The van der Waals surface area contributed by atoms with Crippen LogP contribution in [0.5, 0.6) is 0 Å². The Labute approximate surface area is 126 Å². The lowest BCUT2D eigenvalue weighted by atomic mass is 9.67. The summed E-state index contributed by atoms with van der Waals surface area (Å²) < 4.78 is 1.82. The Morgan fingerprint density at radius 2 is 1.95 bits per heavy atom. The first kappa shape index (κ1) is 14.1.